The molecule has 4 N–H and O–H groups in total. The zero-order valence-corrected chi connectivity index (χ0v) is 7.50. The normalized spacial score (nSPS) is 10.8. The van der Waals surface area contributed by atoms with Crippen molar-refractivity contribution < 1.29 is 4.42 Å². The molecule has 0 saturated carbocycles. The molecule has 0 spiro atoms. The fourth-order valence-corrected chi connectivity index (χ4v) is 1.51. The van der Waals surface area contributed by atoms with Crippen LogP contribution in [0, 0.1) is 0 Å². The molecule has 3 nitrogen and oxygen atoms in total. The van der Waals surface area contributed by atoms with E-state index in [4.69, 9.17) is 15.9 Å². The minimum absolute atomic E-state index is 0.676. The summed E-state index contributed by atoms with van der Waals surface area (Å²) in [5, 5.41) is 0.847. The number of nitrogen functional groups attached to an aromatic ring is 2. The van der Waals surface area contributed by atoms with Crippen molar-refractivity contribution in [3.63, 3.8) is 0 Å². The molecule has 0 aliphatic rings. The molecule has 1 heterocycles. The Morgan fingerprint density at radius 1 is 1.31 bits per heavy atom. The number of nitrogens with two attached hydrogens (primary N) is 2. The van der Waals surface area contributed by atoms with Gasteiger partial charge in [-0.25, -0.2) is 0 Å². The van der Waals surface area contributed by atoms with Crippen LogP contribution in [0.25, 0.3) is 11.0 Å². The minimum Gasteiger partial charge on any atom is -0.459 e. The summed E-state index contributed by atoms with van der Waals surface area (Å²) >= 11 is 0. The van der Waals surface area contributed by atoms with E-state index >= 15 is 0 Å². The molecule has 0 amide bonds. The van der Waals surface area contributed by atoms with E-state index in [0.29, 0.717) is 11.4 Å². The van der Waals surface area contributed by atoms with Crippen LogP contribution < -0.4 is 11.5 Å². The fraction of sp³-hybridized carbons (Fsp3) is 0.200. The molecular formula is C10H12N2O. The monoisotopic (exact) mass is 176 g/mol. The summed E-state index contributed by atoms with van der Waals surface area (Å²) in [5.41, 5.74) is 13.8. The lowest BCUT2D eigenvalue weighted by Gasteiger charge is -1.94. The molecular weight excluding hydrogens is 164 g/mol. The standard InChI is InChI=1S/C10H12N2O/c1-2-7-10(12)9-6(11)4-3-5-8(9)13-7/h3-5H,2,11-12H2,1H3. The van der Waals surface area contributed by atoms with Crippen molar-refractivity contribution >= 4 is 22.3 Å². The van der Waals surface area contributed by atoms with Crippen LogP contribution in [0.1, 0.15) is 12.7 Å². The maximum Gasteiger partial charge on any atom is 0.138 e. The second kappa shape index (κ2) is 2.69. The number of hydrogen-bond donors (Lipinski definition) is 2. The van der Waals surface area contributed by atoms with Gasteiger partial charge >= 0.3 is 0 Å². The molecule has 0 saturated heterocycles. The molecule has 0 bridgehead atoms. The van der Waals surface area contributed by atoms with E-state index in [1.54, 1.807) is 0 Å². The van der Waals surface area contributed by atoms with Gasteiger partial charge in [-0.05, 0) is 12.1 Å². The van der Waals surface area contributed by atoms with Crippen molar-refractivity contribution in [1.82, 2.24) is 0 Å². The third-order valence-electron chi connectivity index (χ3n) is 2.18. The highest BCUT2D eigenvalue weighted by Crippen LogP contribution is 2.32. The van der Waals surface area contributed by atoms with E-state index in [0.717, 1.165) is 23.2 Å². The van der Waals surface area contributed by atoms with Crippen LogP contribution in [-0.2, 0) is 6.42 Å². The van der Waals surface area contributed by atoms with Gasteiger partial charge in [-0.3, -0.25) is 0 Å². The van der Waals surface area contributed by atoms with Gasteiger partial charge in [-0.1, -0.05) is 13.0 Å². The molecule has 0 radical (unpaired) electrons. The molecule has 2 rings (SSSR count). The SMILES string of the molecule is CCc1oc2cccc(N)c2c1N. The minimum atomic E-state index is 0.676. The molecule has 3 heteroatoms. The number of benzene rings is 1. The van der Waals surface area contributed by atoms with Gasteiger partial charge in [0.15, 0.2) is 0 Å². The van der Waals surface area contributed by atoms with Crippen LogP contribution in [-0.4, -0.2) is 0 Å². The first-order valence-corrected chi connectivity index (χ1v) is 4.29. The van der Waals surface area contributed by atoms with Crippen LogP contribution in [0.5, 0.6) is 0 Å². The third kappa shape index (κ3) is 1.04. The van der Waals surface area contributed by atoms with Gasteiger partial charge in [0.25, 0.3) is 0 Å². The second-order valence-electron chi connectivity index (χ2n) is 3.01. The van der Waals surface area contributed by atoms with Crippen LogP contribution in [0.4, 0.5) is 11.4 Å². The average molecular weight is 176 g/mol. The number of aryl methyl sites for hydroxylation is 1. The van der Waals surface area contributed by atoms with Gasteiger partial charge in [0.1, 0.15) is 11.3 Å². The number of rotatable bonds is 1. The summed E-state index contributed by atoms with van der Waals surface area (Å²) in [6, 6.07) is 5.56. The lowest BCUT2D eigenvalue weighted by atomic mass is 10.2. The third-order valence-corrected chi connectivity index (χ3v) is 2.18. The van der Waals surface area contributed by atoms with Crippen molar-refractivity contribution in [1.29, 1.82) is 0 Å². The molecule has 2 aromatic rings. The summed E-state index contributed by atoms with van der Waals surface area (Å²) in [5.74, 6) is 0.813. The highest BCUT2D eigenvalue weighted by Gasteiger charge is 2.11. The summed E-state index contributed by atoms with van der Waals surface area (Å²) in [7, 11) is 0. The van der Waals surface area contributed by atoms with Gasteiger partial charge in [-0.2, -0.15) is 0 Å². The van der Waals surface area contributed by atoms with Gasteiger partial charge in [0.2, 0.25) is 0 Å². The van der Waals surface area contributed by atoms with Gasteiger partial charge in [0.05, 0.1) is 11.1 Å². The smallest absolute Gasteiger partial charge is 0.138 e. The highest BCUT2D eigenvalue weighted by atomic mass is 16.3. The molecule has 0 aliphatic heterocycles. The molecule has 1 aromatic heterocycles. The molecule has 0 fully saturated rings. The first-order valence-electron chi connectivity index (χ1n) is 4.29. The van der Waals surface area contributed by atoms with Crippen molar-refractivity contribution in [3.05, 3.63) is 24.0 Å². The molecule has 13 heavy (non-hydrogen) atoms. The van der Waals surface area contributed by atoms with Crippen molar-refractivity contribution in [2.24, 2.45) is 0 Å². The molecule has 0 aliphatic carbocycles. The molecule has 0 unspecified atom stereocenters. The maximum atomic E-state index is 5.88. The van der Waals surface area contributed by atoms with Gasteiger partial charge < -0.3 is 15.9 Å². The van der Waals surface area contributed by atoms with Crippen LogP contribution in [0.3, 0.4) is 0 Å². The lowest BCUT2D eigenvalue weighted by Crippen LogP contribution is -1.90. The van der Waals surface area contributed by atoms with Gasteiger partial charge in [0, 0.05) is 12.1 Å². The zero-order valence-electron chi connectivity index (χ0n) is 7.50. The predicted molar refractivity (Wildman–Crippen MR) is 54.4 cm³/mol. The summed E-state index contributed by atoms with van der Waals surface area (Å²) < 4.78 is 5.52. The van der Waals surface area contributed by atoms with E-state index in [2.05, 4.69) is 0 Å². The average Bonchev–Trinajstić information content (AvgIpc) is 2.44. The number of anilines is 2. The maximum absolute atomic E-state index is 5.88. The van der Waals surface area contributed by atoms with Crippen molar-refractivity contribution in [2.45, 2.75) is 13.3 Å². The van der Waals surface area contributed by atoms with Crippen LogP contribution in [0.15, 0.2) is 22.6 Å². The Bertz CT molecular complexity index is 445. The van der Waals surface area contributed by atoms with Crippen molar-refractivity contribution in [3.8, 4) is 0 Å². The lowest BCUT2D eigenvalue weighted by molar-refractivity contribution is 0.559. The van der Waals surface area contributed by atoms with E-state index in [-0.39, 0.29) is 0 Å². The van der Waals surface area contributed by atoms with E-state index in [1.807, 2.05) is 25.1 Å². The first kappa shape index (κ1) is 7.98. The Balaban J connectivity index is 2.85. The predicted octanol–water partition coefficient (Wildman–Crippen LogP) is 2.16. The molecule has 68 valence electrons. The molecule has 1 aromatic carbocycles. The van der Waals surface area contributed by atoms with E-state index in [9.17, 15) is 0 Å². The van der Waals surface area contributed by atoms with Crippen LogP contribution in [0.2, 0.25) is 0 Å². The van der Waals surface area contributed by atoms with Crippen molar-refractivity contribution in [2.75, 3.05) is 11.5 Å². The largest absolute Gasteiger partial charge is 0.459 e. The number of hydrogen-bond acceptors (Lipinski definition) is 3. The topological polar surface area (TPSA) is 65.2 Å². The Morgan fingerprint density at radius 3 is 2.69 bits per heavy atom. The summed E-state index contributed by atoms with van der Waals surface area (Å²) in [6.45, 7) is 2.00. The van der Waals surface area contributed by atoms with Crippen LogP contribution >= 0.6 is 0 Å². The molecule has 0 atom stereocenters. The first-order chi connectivity index (χ1) is 6.24. The van der Waals surface area contributed by atoms with E-state index < -0.39 is 0 Å². The Labute approximate surface area is 76.3 Å². The number of furan rings is 1. The number of fused-ring (bicyclic) bond motifs is 1. The Hall–Kier alpha value is -1.64. The summed E-state index contributed by atoms with van der Waals surface area (Å²) in [4.78, 5) is 0. The highest BCUT2D eigenvalue weighted by molar-refractivity contribution is 6.00. The Kier molecular flexibility index (Phi) is 1.65. The second-order valence-corrected chi connectivity index (χ2v) is 3.01. The van der Waals surface area contributed by atoms with Gasteiger partial charge in [-0.15, -0.1) is 0 Å². The Morgan fingerprint density at radius 2 is 2.08 bits per heavy atom. The summed E-state index contributed by atoms with van der Waals surface area (Å²) in [6.07, 6.45) is 0.792. The fourth-order valence-electron chi connectivity index (χ4n) is 1.51. The quantitative estimate of drug-likeness (QED) is 0.654. The zero-order chi connectivity index (χ0) is 9.42. The van der Waals surface area contributed by atoms with E-state index in [1.165, 1.54) is 0 Å².